The smallest absolute Gasteiger partial charge is 0.312 e. The van der Waals surface area contributed by atoms with Crippen LogP contribution >= 0.6 is 0 Å². The zero-order chi connectivity index (χ0) is 12.2. The van der Waals surface area contributed by atoms with Gasteiger partial charge in [0.25, 0.3) is 0 Å². The summed E-state index contributed by atoms with van der Waals surface area (Å²) in [5.74, 6) is -0.582. The highest BCUT2D eigenvalue weighted by atomic mass is 32.2. The van der Waals surface area contributed by atoms with E-state index in [1.165, 1.54) is 7.11 Å². The first kappa shape index (κ1) is 13.4. The number of carbonyl (C=O) groups is 1. The molecule has 0 aromatic carbocycles. The van der Waals surface area contributed by atoms with Crippen LogP contribution in [0.1, 0.15) is 19.3 Å². The molecule has 1 heterocycles. The van der Waals surface area contributed by atoms with Gasteiger partial charge in [-0.15, -0.1) is 0 Å². The molecule has 0 saturated carbocycles. The van der Waals surface area contributed by atoms with Gasteiger partial charge < -0.3 is 9.47 Å². The third-order valence-corrected chi connectivity index (χ3v) is 3.71. The van der Waals surface area contributed by atoms with Crippen molar-refractivity contribution in [3.05, 3.63) is 0 Å². The Morgan fingerprint density at radius 1 is 1.44 bits per heavy atom. The van der Waals surface area contributed by atoms with E-state index in [1.807, 2.05) is 0 Å². The summed E-state index contributed by atoms with van der Waals surface area (Å²) in [6.07, 6.45) is 1.16. The summed E-state index contributed by atoms with van der Waals surface area (Å²) < 4.78 is 31.7. The number of methoxy groups -OCH3 is 1. The molecule has 16 heavy (non-hydrogen) atoms. The molecule has 0 unspecified atom stereocenters. The minimum atomic E-state index is -3.55. The second kappa shape index (κ2) is 5.11. The normalized spacial score (nSPS) is 20.4. The van der Waals surface area contributed by atoms with Crippen molar-refractivity contribution in [1.29, 1.82) is 0 Å². The van der Waals surface area contributed by atoms with Gasteiger partial charge in [-0.3, -0.25) is 4.79 Å². The highest BCUT2D eigenvalue weighted by Gasteiger charge is 2.41. The van der Waals surface area contributed by atoms with E-state index in [4.69, 9.17) is 14.6 Å². The van der Waals surface area contributed by atoms with Crippen LogP contribution in [0.15, 0.2) is 0 Å². The summed E-state index contributed by atoms with van der Waals surface area (Å²) in [7, 11) is -2.25. The minimum Gasteiger partial charge on any atom is -0.469 e. The number of carbonyl (C=O) groups excluding carboxylic acids is 1. The Morgan fingerprint density at radius 3 is 2.44 bits per heavy atom. The molecular weight excluding hydrogens is 234 g/mol. The first-order valence-corrected chi connectivity index (χ1v) is 6.78. The average Bonchev–Trinajstić information content (AvgIpc) is 2.25. The minimum absolute atomic E-state index is 0.196. The van der Waals surface area contributed by atoms with Gasteiger partial charge in [0, 0.05) is 13.2 Å². The fraction of sp³-hybridized carbons (Fsp3) is 0.889. The van der Waals surface area contributed by atoms with Gasteiger partial charge >= 0.3 is 5.97 Å². The lowest BCUT2D eigenvalue weighted by molar-refractivity contribution is -0.158. The number of rotatable bonds is 4. The molecule has 2 N–H and O–H groups in total. The molecular formula is C9H17NO5S. The topological polar surface area (TPSA) is 95.7 Å². The van der Waals surface area contributed by atoms with Crippen molar-refractivity contribution >= 4 is 16.0 Å². The molecule has 94 valence electrons. The van der Waals surface area contributed by atoms with Crippen molar-refractivity contribution < 1.29 is 22.7 Å². The van der Waals surface area contributed by atoms with Crippen LogP contribution in [-0.4, -0.2) is 40.5 Å². The van der Waals surface area contributed by atoms with Gasteiger partial charge in [0.2, 0.25) is 10.0 Å². The SMILES string of the molecule is COC(=O)C1(CCS(N)(=O)=O)CCOCC1. The van der Waals surface area contributed by atoms with Crippen LogP contribution in [0.2, 0.25) is 0 Å². The average molecular weight is 251 g/mol. The van der Waals surface area contributed by atoms with E-state index in [2.05, 4.69) is 0 Å². The van der Waals surface area contributed by atoms with Crippen LogP contribution < -0.4 is 5.14 Å². The maximum absolute atomic E-state index is 11.7. The van der Waals surface area contributed by atoms with E-state index in [0.717, 1.165) is 0 Å². The summed E-state index contributed by atoms with van der Waals surface area (Å²) >= 11 is 0. The van der Waals surface area contributed by atoms with E-state index in [-0.39, 0.29) is 18.1 Å². The number of sulfonamides is 1. The van der Waals surface area contributed by atoms with E-state index >= 15 is 0 Å². The highest BCUT2D eigenvalue weighted by molar-refractivity contribution is 7.89. The predicted octanol–water partition coefficient (Wildman–Crippen LogP) is -0.365. The number of primary sulfonamides is 1. The standard InChI is InChI=1S/C9H17NO5S/c1-14-8(11)9(2-5-15-6-3-9)4-7-16(10,12)13/h2-7H2,1H3,(H2,10,12,13). The molecule has 1 saturated heterocycles. The summed E-state index contributed by atoms with van der Waals surface area (Å²) in [5, 5.41) is 4.94. The van der Waals surface area contributed by atoms with E-state index in [0.29, 0.717) is 26.1 Å². The van der Waals surface area contributed by atoms with Crippen LogP contribution in [0, 0.1) is 5.41 Å². The lowest BCUT2D eigenvalue weighted by Gasteiger charge is -2.34. The molecule has 0 bridgehead atoms. The van der Waals surface area contributed by atoms with E-state index in [9.17, 15) is 13.2 Å². The highest BCUT2D eigenvalue weighted by Crippen LogP contribution is 2.35. The van der Waals surface area contributed by atoms with Crippen molar-refractivity contribution in [3.8, 4) is 0 Å². The first-order valence-electron chi connectivity index (χ1n) is 5.06. The largest absolute Gasteiger partial charge is 0.469 e. The molecule has 0 atom stereocenters. The molecule has 0 aromatic heterocycles. The Morgan fingerprint density at radius 2 is 2.00 bits per heavy atom. The Bertz CT molecular complexity index is 345. The van der Waals surface area contributed by atoms with Crippen LogP contribution in [0.5, 0.6) is 0 Å². The van der Waals surface area contributed by atoms with Crippen molar-refractivity contribution in [2.75, 3.05) is 26.1 Å². The summed E-state index contributed by atoms with van der Waals surface area (Å²) in [5.41, 5.74) is -0.751. The van der Waals surface area contributed by atoms with Crippen molar-refractivity contribution in [1.82, 2.24) is 0 Å². The molecule has 6 nitrogen and oxygen atoms in total. The van der Waals surface area contributed by atoms with Crippen molar-refractivity contribution in [2.45, 2.75) is 19.3 Å². The summed E-state index contributed by atoms with van der Waals surface area (Å²) in [6.45, 7) is 0.888. The lowest BCUT2D eigenvalue weighted by atomic mass is 9.78. The number of esters is 1. The molecule has 1 aliphatic heterocycles. The molecule has 7 heteroatoms. The molecule has 0 amide bonds. The van der Waals surface area contributed by atoms with Gasteiger partial charge in [-0.2, -0.15) is 0 Å². The fourth-order valence-corrected chi connectivity index (χ4v) is 2.55. The molecule has 1 fully saturated rings. The summed E-state index contributed by atoms with van der Waals surface area (Å²) in [4.78, 5) is 11.7. The number of nitrogens with two attached hydrogens (primary N) is 1. The monoisotopic (exact) mass is 251 g/mol. The molecule has 0 spiro atoms. The Hall–Kier alpha value is -0.660. The van der Waals surface area contributed by atoms with Crippen molar-refractivity contribution in [3.63, 3.8) is 0 Å². The van der Waals surface area contributed by atoms with Gasteiger partial charge in [-0.05, 0) is 19.3 Å². The number of hydrogen-bond donors (Lipinski definition) is 1. The molecule has 0 aromatic rings. The lowest BCUT2D eigenvalue weighted by Crippen LogP contribution is -2.40. The number of ether oxygens (including phenoxy) is 2. The zero-order valence-corrected chi connectivity index (χ0v) is 10.1. The van der Waals surface area contributed by atoms with Crippen LogP contribution in [0.25, 0.3) is 0 Å². The molecule has 1 rings (SSSR count). The number of hydrogen-bond acceptors (Lipinski definition) is 5. The van der Waals surface area contributed by atoms with E-state index in [1.54, 1.807) is 0 Å². The third-order valence-electron chi connectivity index (χ3n) is 2.93. The third kappa shape index (κ3) is 3.43. The fourth-order valence-electron chi connectivity index (χ4n) is 1.87. The van der Waals surface area contributed by atoms with Gasteiger partial charge in [0.05, 0.1) is 18.3 Å². The first-order chi connectivity index (χ1) is 7.40. The molecule has 0 aliphatic carbocycles. The molecule has 0 radical (unpaired) electrons. The van der Waals surface area contributed by atoms with Gasteiger partial charge in [0.1, 0.15) is 0 Å². The maximum Gasteiger partial charge on any atom is 0.312 e. The van der Waals surface area contributed by atoms with Gasteiger partial charge in [0.15, 0.2) is 0 Å². The van der Waals surface area contributed by atoms with Gasteiger partial charge in [-0.25, -0.2) is 13.6 Å². The quantitative estimate of drug-likeness (QED) is 0.688. The van der Waals surface area contributed by atoms with E-state index < -0.39 is 15.4 Å². The van der Waals surface area contributed by atoms with Gasteiger partial charge in [-0.1, -0.05) is 0 Å². The zero-order valence-electron chi connectivity index (χ0n) is 9.27. The van der Waals surface area contributed by atoms with Crippen LogP contribution in [0.4, 0.5) is 0 Å². The molecule has 1 aliphatic rings. The van der Waals surface area contributed by atoms with Crippen LogP contribution in [-0.2, 0) is 24.3 Å². The second-order valence-electron chi connectivity index (χ2n) is 4.00. The van der Waals surface area contributed by atoms with Crippen molar-refractivity contribution in [2.24, 2.45) is 10.6 Å². The maximum atomic E-state index is 11.7. The Labute approximate surface area is 95.1 Å². The Balaban J connectivity index is 2.74. The second-order valence-corrected chi connectivity index (χ2v) is 5.74. The predicted molar refractivity (Wildman–Crippen MR) is 57.1 cm³/mol. The van der Waals surface area contributed by atoms with Crippen LogP contribution in [0.3, 0.4) is 0 Å². The summed E-state index contributed by atoms with van der Waals surface area (Å²) in [6, 6.07) is 0. The Kier molecular flexibility index (Phi) is 4.28.